The van der Waals surface area contributed by atoms with Crippen LogP contribution in [0.1, 0.15) is 181 Å². The monoisotopic (exact) mass is 799 g/mol. The van der Waals surface area contributed by atoms with Gasteiger partial charge in [0.25, 0.3) is 0 Å². The number of esters is 2. The number of allylic oxidation sites excluding steroid dienone is 8. The molecule has 0 radical (unpaired) electrons. The van der Waals surface area contributed by atoms with Crippen LogP contribution in [0.25, 0.3) is 0 Å². The minimum atomic E-state index is -4.63. The summed E-state index contributed by atoms with van der Waals surface area (Å²) in [5.74, 6) is -0.989. The summed E-state index contributed by atoms with van der Waals surface area (Å²) in [6.45, 7) is 2.28. The van der Waals surface area contributed by atoms with Crippen LogP contribution in [0, 0.1) is 0 Å². The number of aliphatic hydroxyl groups excluding tert-OH is 2. The Labute approximate surface area is 334 Å². The molecule has 0 aromatic carbocycles. The second-order valence-corrected chi connectivity index (χ2v) is 15.8. The van der Waals surface area contributed by atoms with E-state index < -0.39 is 51.8 Å². The molecule has 11 heteroatoms. The molecular weight excluding hydrogens is 719 g/mol. The molecule has 0 fully saturated rings. The van der Waals surface area contributed by atoms with Crippen molar-refractivity contribution >= 4 is 19.8 Å². The van der Waals surface area contributed by atoms with Gasteiger partial charge in [0.1, 0.15) is 12.7 Å². The molecule has 0 rings (SSSR count). The van der Waals surface area contributed by atoms with Gasteiger partial charge in [-0.05, 0) is 64.2 Å². The van der Waals surface area contributed by atoms with Crippen molar-refractivity contribution in [3.05, 3.63) is 48.6 Å². The Hall–Kier alpha value is -2.07. The lowest BCUT2D eigenvalue weighted by Crippen LogP contribution is -2.29. The van der Waals surface area contributed by atoms with Crippen LogP contribution < -0.4 is 0 Å². The van der Waals surface area contributed by atoms with E-state index in [-0.39, 0.29) is 19.4 Å². The van der Waals surface area contributed by atoms with Crippen LogP contribution >= 0.6 is 7.82 Å². The first kappa shape index (κ1) is 52.9. The predicted molar refractivity (Wildman–Crippen MR) is 224 cm³/mol. The smallest absolute Gasteiger partial charge is 0.462 e. The van der Waals surface area contributed by atoms with Gasteiger partial charge in [-0.15, -0.1) is 0 Å². The largest absolute Gasteiger partial charge is 0.472 e. The number of hydrogen-bond acceptors (Lipinski definition) is 9. The summed E-state index contributed by atoms with van der Waals surface area (Å²) in [6, 6.07) is 0. The Morgan fingerprint density at radius 1 is 0.545 bits per heavy atom. The van der Waals surface area contributed by atoms with Gasteiger partial charge in [-0.2, -0.15) is 0 Å². The molecule has 3 N–H and O–H groups in total. The summed E-state index contributed by atoms with van der Waals surface area (Å²) >= 11 is 0. The average molecular weight is 799 g/mol. The maximum absolute atomic E-state index is 12.6. The van der Waals surface area contributed by atoms with E-state index in [9.17, 15) is 24.2 Å². The van der Waals surface area contributed by atoms with Crippen molar-refractivity contribution in [1.29, 1.82) is 0 Å². The fraction of sp³-hybridized carbons (Fsp3) is 0.773. The van der Waals surface area contributed by atoms with Gasteiger partial charge in [-0.3, -0.25) is 18.6 Å². The third-order valence-corrected chi connectivity index (χ3v) is 9.91. The van der Waals surface area contributed by atoms with Crippen LogP contribution in [0.4, 0.5) is 0 Å². The van der Waals surface area contributed by atoms with E-state index >= 15 is 0 Å². The molecule has 0 amide bonds. The third-order valence-electron chi connectivity index (χ3n) is 8.96. The van der Waals surface area contributed by atoms with Crippen molar-refractivity contribution in [1.82, 2.24) is 0 Å². The van der Waals surface area contributed by atoms with Crippen LogP contribution in [-0.4, -0.2) is 65.7 Å². The van der Waals surface area contributed by atoms with Gasteiger partial charge in [0.2, 0.25) is 0 Å². The summed E-state index contributed by atoms with van der Waals surface area (Å²) in [5.41, 5.74) is 0. The summed E-state index contributed by atoms with van der Waals surface area (Å²) < 4.78 is 32.6. The minimum absolute atomic E-state index is 0.112. The van der Waals surface area contributed by atoms with E-state index in [1.165, 1.54) is 96.3 Å². The molecule has 0 aromatic heterocycles. The Bertz CT molecular complexity index is 1060. The first-order valence-electron chi connectivity index (χ1n) is 21.6. The molecule has 0 saturated heterocycles. The number of phosphoric acid groups is 1. The Morgan fingerprint density at radius 2 is 0.982 bits per heavy atom. The van der Waals surface area contributed by atoms with Crippen molar-refractivity contribution < 1.29 is 47.8 Å². The zero-order chi connectivity index (χ0) is 40.5. The summed E-state index contributed by atoms with van der Waals surface area (Å²) in [5, 5.41) is 18.3. The Morgan fingerprint density at radius 3 is 1.55 bits per heavy atom. The summed E-state index contributed by atoms with van der Waals surface area (Å²) in [4.78, 5) is 34.9. The van der Waals surface area contributed by atoms with Crippen molar-refractivity contribution in [2.75, 3.05) is 26.4 Å². The van der Waals surface area contributed by atoms with Crippen LogP contribution in [0.3, 0.4) is 0 Å². The molecule has 0 aliphatic rings. The first-order chi connectivity index (χ1) is 26.7. The lowest BCUT2D eigenvalue weighted by Gasteiger charge is -2.20. The number of phosphoric ester groups is 1. The molecule has 0 spiro atoms. The van der Waals surface area contributed by atoms with Gasteiger partial charge in [0.05, 0.1) is 19.8 Å². The molecule has 320 valence electrons. The molecule has 0 saturated carbocycles. The SMILES string of the molecule is CCCC/C=C/CCCCCCCCCCCC(=O)OC[C@H](COP(=O)(O)OC[C@@H](O)CO)OC(=O)CCC/C=C/C/C=C/C/C=C/CCCCCCCC. The van der Waals surface area contributed by atoms with E-state index in [1.54, 1.807) is 0 Å². The maximum Gasteiger partial charge on any atom is 0.472 e. The molecule has 55 heavy (non-hydrogen) atoms. The van der Waals surface area contributed by atoms with E-state index in [0.717, 1.165) is 38.5 Å². The average Bonchev–Trinajstić information content (AvgIpc) is 3.17. The maximum atomic E-state index is 12.6. The molecule has 3 atom stereocenters. The zero-order valence-electron chi connectivity index (χ0n) is 34.6. The second kappa shape index (κ2) is 40.1. The van der Waals surface area contributed by atoms with Gasteiger partial charge in [-0.1, -0.05) is 152 Å². The van der Waals surface area contributed by atoms with Gasteiger partial charge in [0.15, 0.2) is 6.10 Å². The van der Waals surface area contributed by atoms with Gasteiger partial charge >= 0.3 is 19.8 Å². The van der Waals surface area contributed by atoms with Crippen molar-refractivity contribution in [3.63, 3.8) is 0 Å². The topological polar surface area (TPSA) is 149 Å². The van der Waals surface area contributed by atoms with Crippen molar-refractivity contribution in [3.8, 4) is 0 Å². The number of aliphatic hydroxyl groups is 2. The predicted octanol–water partition coefficient (Wildman–Crippen LogP) is 11.3. The number of carbonyl (C=O) groups is 2. The molecule has 0 aliphatic heterocycles. The van der Waals surface area contributed by atoms with Gasteiger partial charge < -0.3 is 24.6 Å². The molecule has 0 aliphatic carbocycles. The van der Waals surface area contributed by atoms with E-state index in [4.69, 9.17) is 19.1 Å². The quantitative estimate of drug-likeness (QED) is 0.0237. The highest BCUT2D eigenvalue weighted by Crippen LogP contribution is 2.43. The van der Waals surface area contributed by atoms with Crippen LogP contribution in [0.15, 0.2) is 48.6 Å². The highest BCUT2D eigenvalue weighted by Gasteiger charge is 2.27. The third kappa shape index (κ3) is 39.9. The standard InChI is InChI=1S/C44H79O10P/c1-3-5-7-9-11-13-15-17-19-20-22-24-26-28-30-32-34-36-44(48)54-42(40-53-55(49,50)52-38-41(46)37-45)39-51-43(47)35-33-31-29-27-25-23-21-18-16-14-12-10-8-6-4-2/h10,12,17,19,22,24,28,30,41-42,45-46H,3-9,11,13-16,18,20-21,23,25-27,29,31-40H2,1-2H3,(H,49,50)/b12-10+,19-17+,24-22+,30-28+/t41-,42+/m0/s1. The number of hydrogen-bond donors (Lipinski definition) is 3. The van der Waals surface area contributed by atoms with Crippen LogP contribution in [0.5, 0.6) is 0 Å². The van der Waals surface area contributed by atoms with E-state index in [2.05, 4.69) is 60.9 Å². The van der Waals surface area contributed by atoms with Crippen LogP contribution in [0.2, 0.25) is 0 Å². The van der Waals surface area contributed by atoms with Crippen LogP contribution in [-0.2, 0) is 32.7 Å². The Balaban J connectivity index is 4.39. The van der Waals surface area contributed by atoms with Gasteiger partial charge in [0, 0.05) is 12.8 Å². The zero-order valence-corrected chi connectivity index (χ0v) is 35.5. The van der Waals surface area contributed by atoms with E-state index in [1.807, 2.05) is 6.08 Å². The number of carbonyl (C=O) groups excluding carboxylic acids is 2. The molecule has 0 aromatic rings. The molecule has 1 unspecified atom stereocenters. The van der Waals surface area contributed by atoms with E-state index in [0.29, 0.717) is 19.3 Å². The minimum Gasteiger partial charge on any atom is -0.462 e. The fourth-order valence-electron chi connectivity index (χ4n) is 5.58. The Kier molecular flexibility index (Phi) is 38.6. The molecule has 0 bridgehead atoms. The van der Waals surface area contributed by atoms with Gasteiger partial charge in [-0.25, -0.2) is 4.57 Å². The normalized spacial score (nSPS) is 14.3. The highest BCUT2D eigenvalue weighted by atomic mass is 31.2. The molecular formula is C44H79O10P. The lowest BCUT2D eigenvalue weighted by molar-refractivity contribution is -0.161. The number of unbranched alkanes of at least 4 members (excludes halogenated alkanes) is 18. The highest BCUT2D eigenvalue weighted by molar-refractivity contribution is 7.47. The first-order valence-corrected chi connectivity index (χ1v) is 23.1. The molecule has 0 heterocycles. The molecule has 10 nitrogen and oxygen atoms in total. The lowest BCUT2D eigenvalue weighted by atomic mass is 10.1. The second-order valence-electron chi connectivity index (χ2n) is 14.4. The van der Waals surface area contributed by atoms with Crippen molar-refractivity contribution in [2.24, 2.45) is 0 Å². The summed E-state index contributed by atoms with van der Waals surface area (Å²) in [6.07, 6.45) is 42.2. The van der Waals surface area contributed by atoms with Crippen molar-refractivity contribution in [2.45, 2.75) is 193 Å². The fourth-order valence-corrected chi connectivity index (χ4v) is 6.37. The number of ether oxygens (including phenoxy) is 2. The number of rotatable bonds is 40. The summed E-state index contributed by atoms with van der Waals surface area (Å²) in [7, 11) is -4.63.